The van der Waals surface area contributed by atoms with Gasteiger partial charge in [-0.1, -0.05) is 18.8 Å². The highest BCUT2D eigenvalue weighted by atomic mass is 32.2. The van der Waals surface area contributed by atoms with Crippen molar-refractivity contribution in [1.29, 1.82) is 0 Å². The zero-order valence-electron chi connectivity index (χ0n) is 12.3. The third-order valence-electron chi connectivity index (χ3n) is 2.77. The lowest BCUT2D eigenvalue weighted by Crippen LogP contribution is -2.29. The maximum atomic E-state index is 12.2. The fourth-order valence-electron chi connectivity index (χ4n) is 1.49. The van der Waals surface area contributed by atoms with E-state index in [9.17, 15) is 8.42 Å². The molecule has 1 aromatic rings. The topological polar surface area (TPSA) is 81.4 Å². The van der Waals surface area contributed by atoms with Gasteiger partial charge >= 0.3 is 0 Å². The molecular formula is C14H20N2O3S2. The van der Waals surface area contributed by atoms with Crippen LogP contribution in [-0.4, -0.2) is 40.1 Å². The van der Waals surface area contributed by atoms with E-state index >= 15 is 0 Å². The first-order valence-corrected chi connectivity index (χ1v) is 9.11. The second-order valence-corrected chi connectivity index (χ2v) is 7.31. The normalized spacial score (nSPS) is 12.4. The van der Waals surface area contributed by atoms with Crippen molar-refractivity contribution in [2.75, 3.05) is 26.5 Å². The highest BCUT2D eigenvalue weighted by Gasteiger charge is 2.16. The highest BCUT2D eigenvalue weighted by molar-refractivity contribution is 7.99. The van der Waals surface area contributed by atoms with Gasteiger partial charge in [-0.2, -0.15) is 11.8 Å². The number of hydrogen-bond acceptors (Lipinski definition) is 5. The largest absolute Gasteiger partial charge is 0.495 e. The molecule has 1 rings (SSSR count). The standard InChI is InChI=1S/C14H20N2O3S2/c1-11(20-3)10-16-21(17,18)13-6-7-14(19-2)12(9-13)5-4-8-15/h6-7,9,11,16H,8,10,15H2,1-3H3. The summed E-state index contributed by atoms with van der Waals surface area (Å²) >= 11 is 1.60. The number of methoxy groups -OCH3 is 1. The van der Waals surface area contributed by atoms with Gasteiger partial charge in [0.25, 0.3) is 0 Å². The van der Waals surface area contributed by atoms with Crippen LogP contribution in [0.5, 0.6) is 5.75 Å². The minimum Gasteiger partial charge on any atom is -0.495 e. The van der Waals surface area contributed by atoms with Gasteiger partial charge in [-0.25, -0.2) is 13.1 Å². The molecule has 0 saturated heterocycles. The lowest BCUT2D eigenvalue weighted by atomic mass is 10.2. The lowest BCUT2D eigenvalue weighted by molar-refractivity contribution is 0.413. The number of benzene rings is 1. The number of nitrogens with two attached hydrogens (primary N) is 1. The van der Waals surface area contributed by atoms with Crippen molar-refractivity contribution in [3.63, 3.8) is 0 Å². The Hall–Kier alpha value is -1.20. The molecular weight excluding hydrogens is 308 g/mol. The first kappa shape index (κ1) is 17.9. The number of sulfonamides is 1. The molecule has 0 heterocycles. The zero-order chi connectivity index (χ0) is 15.9. The van der Waals surface area contributed by atoms with Crippen LogP contribution in [0.4, 0.5) is 0 Å². The van der Waals surface area contributed by atoms with Gasteiger partial charge in [0.2, 0.25) is 10.0 Å². The molecule has 1 aromatic carbocycles. The third kappa shape index (κ3) is 5.25. The van der Waals surface area contributed by atoms with Gasteiger partial charge in [0.1, 0.15) is 5.75 Å². The molecule has 0 aliphatic carbocycles. The van der Waals surface area contributed by atoms with Gasteiger partial charge in [0.15, 0.2) is 0 Å². The first-order chi connectivity index (χ1) is 9.94. The summed E-state index contributed by atoms with van der Waals surface area (Å²) in [5.74, 6) is 6.03. The van der Waals surface area contributed by atoms with E-state index in [0.717, 1.165) is 0 Å². The summed E-state index contributed by atoms with van der Waals surface area (Å²) in [5, 5.41) is 0.203. The van der Waals surface area contributed by atoms with E-state index in [4.69, 9.17) is 10.5 Å². The minimum atomic E-state index is -3.56. The van der Waals surface area contributed by atoms with Crippen molar-refractivity contribution in [2.45, 2.75) is 17.1 Å². The van der Waals surface area contributed by atoms with E-state index in [-0.39, 0.29) is 16.7 Å². The predicted molar refractivity (Wildman–Crippen MR) is 87.1 cm³/mol. The van der Waals surface area contributed by atoms with Gasteiger partial charge in [-0.05, 0) is 24.5 Å². The van der Waals surface area contributed by atoms with E-state index in [1.54, 1.807) is 17.8 Å². The van der Waals surface area contributed by atoms with Crippen LogP contribution >= 0.6 is 11.8 Å². The van der Waals surface area contributed by atoms with Crippen LogP contribution in [0, 0.1) is 11.8 Å². The van der Waals surface area contributed by atoms with Gasteiger partial charge in [0, 0.05) is 11.8 Å². The summed E-state index contributed by atoms with van der Waals surface area (Å²) in [6.45, 7) is 2.53. The molecule has 1 atom stereocenters. The van der Waals surface area contributed by atoms with Crippen molar-refractivity contribution >= 4 is 21.8 Å². The quantitative estimate of drug-likeness (QED) is 0.763. The number of nitrogens with one attached hydrogen (secondary N) is 1. The van der Waals surface area contributed by atoms with Crippen LogP contribution in [0.2, 0.25) is 0 Å². The summed E-state index contributed by atoms with van der Waals surface area (Å²) in [5.41, 5.74) is 5.84. The number of hydrogen-bond donors (Lipinski definition) is 2. The van der Waals surface area contributed by atoms with E-state index in [1.807, 2.05) is 13.2 Å². The van der Waals surface area contributed by atoms with E-state index in [2.05, 4.69) is 16.6 Å². The second kappa shape index (κ2) is 8.29. The van der Waals surface area contributed by atoms with Crippen LogP contribution < -0.4 is 15.2 Å². The van der Waals surface area contributed by atoms with Crippen LogP contribution in [0.25, 0.3) is 0 Å². The Kier molecular flexibility index (Phi) is 7.05. The van der Waals surface area contributed by atoms with Crippen LogP contribution in [0.1, 0.15) is 12.5 Å². The average molecular weight is 328 g/mol. The molecule has 116 valence electrons. The maximum Gasteiger partial charge on any atom is 0.240 e. The molecule has 0 aliphatic rings. The van der Waals surface area contributed by atoms with Gasteiger partial charge in [0.05, 0.1) is 24.1 Å². The van der Waals surface area contributed by atoms with Crippen LogP contribution in [-0.2, 0) is 10.0 Å². The average Bonchev–Trinajstić information content (AvgIpc) is 2.50. The Morgan fingerprint density at radius 2 is 2.19 bits per heavy atom. The zero-order valence-corrected chi connectivity index (χ0v) is 14.0. The van der Waals surface area contributed by atoms with Crippen LogP contribution in [0.15, 0.2) is 23.1 Å². The van der Waals surface area contributed by atoms with E-state index < -0.39 is 10.0 Å². The molecule has 3 N–H and O–H groups in total. The highest BCUT2D eigenvalue weighted by Crippen LogP contribution is 2.21. The summed E-state index contributed by atoms with van der Waals surface area (Å²) in [6.07, 6.45) is 1.94. The predicted octanol–water partition coefficient (Wildman–Crippen LogP) is 1.04. The molecule has 0 spiro atoms. The first-order valence-electron chi connectivity index (χ1n) is 6.34. The monoisotopic (exact) mass is 328 g/mol. The SMILES string of the molecule is COc1ccc(S(=O)(=O)NCC(C)SC)cc1C#CCN. The van der Waals surface area contributed by atoms with Gasteiger partial charge in [-0.3, -0.25) is 0 Å². The lowest BCUT2D eigenvalue weighted by Gasteiger charge is -2.12. The molecule has 7 heteroatoms. The van der Waals surface area contributed by atoms with Crippen molar-refractivity contribution in [3.8, 4) is 17.6 Å². The summed E-state index contributed by atoms with van der Waals surface area (Å²) in [4.78, 5) is 0.165. The number of ether oxygens (including phenoxy) is 1. The molecule has 0 amide bonds. The van der Waals surface area contributed by atoms with Crippen molar-refractivity contribution in [3.05, 3.63) is 23.8 Å². The Labute approximate surface area is 130 Å². The number of rotatable bonds is 6. The molecule has 0 aromatic heterocycles. The maximum absolute atomic E-state index is 12.2. The third-order valence-corrected chi connectivity index (χ3v) is 5.16. The van der Waals surface area contributed by atoms with E-state index in [1.165, 1.54) is 19.2 Å². The Morgan fingerprint density at radius 1 is 1.48 bits per heavy atom. The molecule has 0 saturated carbocycles. The Balaban J connectivity index is 3.07. The van der Waals surface area contributed by atoms with E-state index in [0.29, 0.717) is 17.9 Å². The van der Waals surface area contributed by atoms with Crippen molar-refractivity contribution in [1.82, 2.24) is 4.72 Å². The number of thioether (sulfide) groups is 1. The molecule has 0 fully saturated rings. The van der Waals surface area contributed by atoms with Crippen LogP contribution in [0.3, 0.4) is 0 Å². The molecule has 0 aliphatic heterocycles. The molecule has 1 unspecified atom stereocenters. The minimum absolute atomic E-state index is 0.165. The molecule has 0 radical (unpaired) electrons. The molecule has 5 nitrogen and oxygen atoms in total. The van der Waals surface area contributed by atoms with Crippen molar-refractivity contribution in [2.24, 2.45) is 5.73 Å². The fourth-order valence-corrected chi connectivity index (χ4v) is 3.00. The smallest absolute Gasteiger partial charge is 0.240 e. The summed E-state index contributed by atoms with van der Waals surface area (Å²) in [6, 6.07) is 4.58. The summed E-state index contributed by atoms with van der Waals surface area (Å²) < 4.78 is 32.2. The molecule has 21 heavy (non-hydrogen) atoms. The Morgan fingerprint density at radius 3 is 2.76 bits per heavy atom. The van der Waals surface area contributed by atoms with Gasteiger partial charge < -0.3 is 10.5 Å². The Bertz CT molecular complexity index is 633. The second-order valence-electron chi connectivity index (χ2n) is 4.27. The van der Waals surface area contributed by atoms with Gasteiger partial charge in [-0.15, -0.1) is 0 Å². The van der Waals surface area contributed by atoms with Crippen molar-refractivity contribution < 1.29 is 13.2 Å². The fraction of sp³-hybridized carbons (Fsp3) is 0.429. The molecule has 0 bridgehead atoms. The summed E-state index contributed by atoms with van der Waals surface area (Å²) in [7, 11) is -2.05.